The summed E-state index contributed by atoms with van der Waals surface area (Å²) in [4.78, 5) is 11.8. The average molecular weight is 250 g/mol. The third kappa shape index (κ3) is 2.64. The molecule has 96 valence electrons. The van der Waals surface area contributed by atoms with Crippen LogP contribution in [0.1, 0.15) is 31.2 Å². The number of halogens is 1. The van der Waals surface area contributed by atoms with E-state index in [4.69, 9.17) is 4.42 Å². The first-order valence-corrected chi connectivity index (χ1v) is 5.91. The molecule has 0 spiro atoms. The number of nitrogens with one attached hydrogen (secondary N) is 1. The topological polar surface area (TPSA) is 63.8 Å². The maximum atomic E-state index is 13.8. The summed E-state index contributed by atoms with van der Waals surface area (Å²) in [6.07, 6.45) is 4.33. The number of aryl methyl sites for hydroxylation is 2. The van der Waals surface area contributed by atoms with Crippen LogP contribution in [0.25, 0.3) is 0 Å². The smallest absolute Gasteiger partial charge is 0.213 e. The molecule has 0 aliphatic rings. The Hall–Kier alpha value is -1.98. The van der Waals surface area contributed by atoms with Gasteiger partial charge in [0.05, 0.1) is 18.4 Å². The molecular formula is C12H15FN4O. The monoisotopic (exact) mass is 250 g/mol. The van der Waals surface area contributed by atoms with Crippen molar-refractivity contribution >= 4 is 5.82 Å². The van der Waals surface area contributed by atoms with Crippen LogP contribution in [0, 0.1) is 5.82 Å². The minimum Gasteiger partial charge on any atom is -0.444 e. The van der Waals surface area contributed by atoms with Gasteiger partial charge >= 0.3 is 0 Å². The Kier molecular flexibility index (Phi) is 3.86. The Morgan fingerprint density at radius 2 is 2.06 bits per heavy atom. The number of oxazole rings is 1. The summed E-state index contributed by atoms with van der Waals surface area (Å²) in [5.74, 6) is 1.09. The van der Waals surface area contributed by atoms with Crippen molar-refractivity contribution in [1.29, 1.82) is 0 Å². The largest absolute Gasteiger partial charge is 0.444 e. The zero-order chi connectivity index (χ0) is 13.0. The van der Waals surface area contributed by atoms with Crippen LogP contribution in [0.3, 0.4) is 0 Å². The maximum absolute atomic E-state index is 13.8. The van der Waals surface area contributed by atoms with E-state index < -0.39 is 5.82 Å². The SMILES string of the molecule is CCc1cnc(CNc2ncnc(CC)c2F)o1. The van der Waals surface area contributed by atoms with Gasteiger partial charge in [0.25, 0.3) is 0 Å². The van der Waals surface area contributed by atoms with Crippen LogP contribution < -0.4 is 5.32 Å². The number of hydrogen-bond acceptors (Lipinski definition) is 5. The minimum absolute atomic E-state index is 0.179. The van der Waals surface area contributed by atoms with Crippen molar-refractivity contribution in [3.05, 3.63) is 35.7 Å². The van der Waals surface area contributed by atoms with E-state index in [0.29, 0.717) is 24.6 Å². The second-order valence-corrected chi connectivity index (χ2v) is 3.76. The van der Waals surface area contributed by atoms with Crippen LogP contribution in [0.4, 0.5) is 10.2 Å². The second-order valence-electron chi connectivity index (χ2n) is 3.76. The molecule has 18 heavy (non-hydrogen) atoms. The summed E-state index contributed by atoms with van der Waals surface area (Å²) >= 11 is 0. The second kappa shape index (κ2) is 5.57. The fourth-order valence-corrected chi connectivity index (χ4v) is 1.53. The van der Waals surface area contributed by atoms with Crippen LogP contribution in [-0.4, -0.2) is 15.0 Å². The third-order valence-corrected chi connectivity index (χ3v) is 2.55. The number of hydrogen-bond donors (Lipinski definition) is 1. The lowest BCUT2D eigenvalue weighted by molar-refractivity contribution is 0.465. The van der Waals surface area contributed by atoms with Gasteiger partial charge in [-0.1, -0.05) is 13.8 Å². The highest BCUT2D eigenvalue weighted by Gasteiger charge is 2.10. The number of nitrogens with zero attached hydrogens (tertiary/aromatic N) is 3. The summed E-state index contributed by atoms with van der Waals surface area (Å²) < 4.78 is 19.2. The molecule has 2 aromatic rings. The van der Waals surface area contributed by atoms with E-state index in [9.17, 15) is 4.39 Å². The summed E-state index contributed by atoms with van der Waals surface area (Å²) in [6.45, 7) is 4.13. The molecule has 0 bridgehead atoms. The highest BCUT2D eigenvalue weighted by Crippen LogP contribution is 2.14. The van der Waals surface area contributed by atoms with Crippen molar-refractivity contribution in [3.63, 3.8) is 0 Å². The molecule has 6 heteroatoms. The first-order chi connectivity index (χ1) is 8.74. The Balaban J connectivity index is 2.06. The van der Waals surface area contributed by atoms with Crippen LogP contribution >= 0.6 is 0 Å². The Bertz CT molecular complexity index is 527. The molecule has 2 rings (SSSR count). The van der Waals surface area contributed by atoms with Gasteiger partial charge in [-0.15, -0.1) is 0 Å². The summed E-state index contributed by atoms with van der Waals surface area (Å²) in [5, 5.41) is 2.86. The molecule has 0 atom stereocenters. The van der Waals surface area contributed by atoms with Crippen molar-refractivity contribution in [2.45, 2.75) is 33.2 Å². The van der Waals surface area contributed by atoms with Crippen molar-refractivity contribution in [2.24, 2.45) is 0 Å². The van der Waals surface area contributed by atoms with E-state index in [-0.39, 0.29) is 5.82 Å². The van der Waals surface area contributed by atoms with E-state index >= 15 is 0 Å². The zero-order valence-electron chi connectivity index (χ0n) is 10.4. The lowest BCUT2D eigenvalue weighted by atomic mass is 10.3. The Labute approximate surface area is 104 Å². The summed E-state index contributed by atoms with van der Waals surface area (Å²) in [5.41, 5.74) is 0.397. The van der Waals surface area contributed by atoms with Gasteiger partial charge in [0.15, 0.2) is 11.6 Å². The van der Waals surface area contributed by atoms with Crippen molar-refractivity contribution in [3.8, 4) is 0 Å². The lowest BCUT2D eigenvalue weighted by Crippen LogP contribution is -2.07. The molecule has 5 nitrogen and oxygen atoms in total. The summed E-state index contributed by atoms with van der Waals surface area (Å²) in [7, 11) is 0. The number of rotatable bonds is 5. The van der Waals surface area contributed by atoms with E-state index in [1.807, 2.05) is 13.8 Å². The van der Waals surface area contributed by atoms with Gasteiger partial charge in [-0.3, -0.25) is 0 Å². The Morgan fingerprint density at radius 3 is 2.72 bits per heavy atom. The normalized spacial score (nSPS) is 10.6. The van der Waals surface area contributed by atoms with Crippen LogP contribution in [0.2, 0.25) is 0 Å². The van der Waals surface area contributed by atoms with Crippen molar-refractivity contribution < 1.29 is 8.81 Å². The number of aromatic nitrogens is 3. The molecule has 0 aromatic carbocycles. The van der Waals surface area contributed by atoms with Gasteiger partial charge in [0.1, 0.15) is 12.1 Å². The van der Waals surface area contributed by atoms with Crippen LogP contribution in [0.15, 0.2) is 16.9 Å². The molecule has 0 aliphatic heterocycles. The predicted octanol–water partition coefficient (Wildman–Crippen LogP) is 2.34. The first-order valence-electron chi connectivity index (χ1n) is 5.91. The predicted molar refractivity (Wildman–Crippen MR) is 64.6 cm³/mol. The minimum atomic E-state index is -0.415. The molecular weight excluding hydrogens is 235 g/mol. The van der Waals surface area contributed by atoms with Crippen molar-refractivity contribution in [2.75, 3.05) is 5.32 Å². The fraction of sp³-hybridized carbons (Fsp3) is 0.417. The van der Waals surface area contributed by atoms with E-state index in [2.05, 4.69) is 20.3 Å². The number of anilines is 1. The molecule has 1 N–H and O–H groups in total. The Morgan fingerprint density at radius 1 is 1.22 bits per heavy atom. The maximum Gasteiger partial charge on any atom is 0.213 e. The van der Waals surface area contributed by atoms with Gasteiger partial charge in [-0.2, -0.15) is 0 Å². The molecule has 2 heterocycles. The third-order valence-electron chi connectivity index (χ3n) is 2.55. The lowest BCUT2D eigenvalue weighted by Gasteiger charge is -2.06. The van der Waals surface area contributed by atoms with Crippen LogP contribution in [0.5, 0.6) is 0 Å². The highest BCUT2D eigenvalue weighted by atomic mass is 19.1. The quantitative estimate of drug-likeness (QED) is 0.882. The van der Waals surface area contributed by atoms with E-state index in [1.165, 1.54) is 6.33 Å². The van der Waals surface area contributed by atoms with E-state index in [1.54, 1.807) is 6.20 Å². The van der Waals surface area contributed by atoms with Gasteiger partial charge < -0.3 is 9.73 Å². The fourth-order valence-electron chi connectivity index (χ4n) is 1.53. The molecule has 2 aromatic heterocycles. The molecule has 0 fully saturated rings. The van der Waals surface area contributed by atoms with Gasteiger partial charge in [0, 0.05) is 6.42 Å². The van der Waals surface area contributed by atoms with Crippen LogP contribution in [-0.2, 0) is 19.4 Å². The molecule has 0 saturated carbocycles. The molecule has 0 saturated heterocycles. The van der Waals surface area contributed by atoms with E-state index in [0.717, 1.165) is 12.2 Å². The molecule has 0 amide bonds. The standard InChI is InChI=1S/C12H15FN4O/c1-3-8-5-14-10(18-8)6-15-12-11(13)9(4-2)16-7-17-12/h5,7H,3-4,6H2,1-2H3,(H,15,16,17). The summed E-state index contributed by atoms with van der Waals surface area (Å²) in [6, 6.07) is 0. The van der Waals surface area contributed by atoms with Gasteiger partial charge in [0.2, 0.25) is 5.89 Å². The van der Waals surface area contributed by atoms with Gasteiger partial charge in [-0.05, 0) is 6.42 Å². The molecule has 0 unspecified atom stereocenters. The average Bonchev–Trinajstić information content (AvgIpc) is 2.85. The highest BCUT2D eigenvalue weighted by molar-refractivity contribution is 5.37. The van der Waals surface area contributed by atoms with Crippen molar-refractivity contribution in [1.82, 2.24) is 15.0 Å². The molecule has 0 radical (unpaired) electrons. The first kappa shape index (κ1) is 12.5. The molecule has 0 aliphatic carbocycles. The van der Waals surface area contributed by atoms with Gasteiger partial charge in [-0.25, -0.2) is 19.3 Å². The zero-order valence-corrected chi connectivity index (χ0v) is 10.4.